The van der Waals surface area contributed by atoms with E-state index < -0.39 is 0 Å². The Labute approximate surface area is 94.7 Å². The number of aromatic nitrogens is 2. The molecule has 2 N–H and O–H groups in total. The van der Waals surface area contributed by atoms with E-state index in [1.165, 1.54) is 19.3 Å². The van der Waals surface area contributed by atoms with Crippen LogP contribution in [-0.2, 0) is 0 Å². The molecule has 82 valence electrons. The molecule has 0 saturated carbocycles. The van der Waals surface area contributed by atoms with Crippen LogP contribution in [0.15, 0.2) is 6.07 Å². The fraction of sp³-hybridized carbons (Fsp3) is 0.600. The monoisotopic (exact) mass is 224 g/mol. The minimum Gasteiger partial charge on any atom is -0.375 e. The number of nitrogens with one attached hydrogen (secondary N) is 2. The standard InChI is InChI=1S/C10H16N4S/c1-11-8-7-9(13-10(15)12-8)14-5-3-2-4-6-14/h7H,2-6H2,1H3,(H2,11,12,13,15). The molecular formula is C10H16N4S. The lowest BCUT2D eigenvalue weighted by molar-refractivity contribution is 0.573. The third-order valence-corrected chi connectivity index (χ3v) is 2.87. The summed E-state index contributed by atoms with van der Waals surface area (Å²) >= 11 is 5.09. The Hall–Kier alpha value is -1.10. The predicted octanol–water partition coefficient (Wildman–Crippen LogP) is 2.17. The largest absolute Gasteiger partial charge is 0.375 e. The van der Waals surface area contributed by atoms with E-state index in [2.05, 4.69) is 20.2 Å². The van der Waals surface area contributed by atoms with E-state index in [9.17, 15) is 0 Å². The highest BCUT2D eigenvalue weighted by Gasteiger charge is 2.12. The van der Waals surface area contributed by atoms with Crippen molar-refractivity contribution >= 4 is 23.9 Å². The van der Waals surface area contributed by atoms with Gasteiger partial charge >= 0.3 is 0 Å². The van der Waals surface area contributed by atoms with Crippen LogP contribution in [0.5, 0.6) is 0 Å². The lowest BCUT2D eigenvalue weighted by Crippen LogP contribution is -2.30. The van der Waals surface area contributed by atoms with Crippen LogP contribution in [0.2, 0.25) is 0 Å². The van der Waals surface area contributed by atoms with Crippen molar-refractivity contribution in [1.29, 1.82) is 0 Å². The minimum atomic E-state index is 0.544. The van der Waals surface area contributed by atoms with Gasteiger partial charge in [-0.25, -0.2) is 4.98 Å². The molecule has 0 unspecified atom stereocenters. The molecule has 0 amide bonds. The Morgan fingerprint density at radius 2 is 2.13 bits per heavy atom. The van der Waals surface area contributed by atoms with Crippen molar-refractivity contribution in [2.24, 2.45) is 0 Å². The highest BCUT2D eigenvalue weighted by Crippen LogP contribution is 2.19. The molecular weight excluding hydrogens is 208 g/mol. The number of hydrogen-bond donors (Lipinski definition) is 2. The molecule has 0 radical (unpaired) electrons. The van der Waals surface area contributed by atoms with Crippen LogP contribution in [0, 0.1) is 4.77 Å². The fourth-order valence-corrected chi connectivity index (χ4v) is 2.07. The molecule has 0 atom stereocenters. The van der Waals surface area contributed by atoms with Crippen LogP contribution in [0.4, 0.5) is 11.6 Å². The van der Waals surface area contributed by atoms with Gasteiger partial charge < -0.3 is 15.2 Å². The van der Waals surface area contributed by atoms with E-state index in [1.54, 1.807) is 0 Å². The van der Waals surface area contributed by atoms with Gasteiger partial charge in [-0.2, -0.15) is 0 Å². The zero-order valence-corrected chi connectivity index (χ0v) is 9.73. The third-order valence-electron chi connectivity index (χ3n) is 2.68. The molecule has 0 spiro atoms. The maximum Gasteiger partial charge on any atom is 0.200 e. The van der Waals surface area contributed by atoms with Crippen molar-refractivity contribution in [3.8, 4) is 0 Å². The van der Waals surface area contributed by atoms with Crippen molar-refractivity contribution in [2.45, 2.75) is 19.3 Å². The minimum absolute atomic E-state index is 0.544. The van der Waals surface area contributed by atoms with Gasteiger partial charge in [-0.1, -0.05) is 0 Å². The Kier molecular flexibility index (Phi) is 3.20. The van der Waals surface area contributed by atoms with E-state index in [-0.39, 0.29) is 0 Å². The highest BCUT2D eigenvalue weighted by atomic mass is 32.1. The molecule has 0 aromatic carbocycles. The van der Waals surface area contributed by atoms with Crippen molar-refractivity contribution in [3.05, 3.63) is 10.8 Å². The molecule has 1 saturated heterocycles. The molecule has 1 aliphatic heterocycles. The molecule has 1 aromatic heterocycles. The molecule has 4 nitrogen and oxygen atoms in total. The maximum atomic E-state index is 5.09. The Morgan fingerprint density at radius 1 is 1.40 bits per heavy atom. The van der Waals surface area contributed by atoms with Crippen molar-refractivity contribution in [3.63, 3.8) is 0 Å². The average Bonchev–Trinajstić information content (AvgIpc) is 2.29. The van der Waals surface area contributed by atoms with Gasteiger partial charge in [-0.05, 0) is 31.5 Å². The average molecular weight is 224 g/mol. The maximum absolute atomic E-state index is 5.09. The second-order valence-electron chi connectivity index (χ2n) is 3.76. The first-order chi connectivity index (χ1) is 7.29. The van der Waals surface area contributed by atoms with Crippen molar-refractivity contribution < 1.29 is 0 Å². The van der Waals surface area contributed by atoms with Gasteiger partial charge in [0.2, 0.25) is 0 Å². The summed E-state index contributed by atoms with van der Waals surface area (Å²) in [4.78, 5) is 9.65. The summed E-state index contributed by atoms with van der Waals surface area (Å²) in [6, 6.07) is 2.02. The molecule has 0 bridgehead atoms. The van der Waals surface area contributed by atoms with Gasteiger partial charge in [0.15, 0.2) is 4.77 Å². The SMILES string of the molecule is CNc1cc(N2CCCCC2)nc(=S)[nH]1. The van der Waals surface area contributed by atoms with E-state index in [0.29, 0.717) is 4.77 Å². The molecule has 1 aliphatic rings. The summed E-state index contributed by atoms with van der Waals surface area (Å²) in [5, 5.41) is 3.06. The van der Waals surface area contributed by atoms with Crippen LogP contribution >= 0.6 is 12.2 Å². The zero-order valence-electron chi connectivity index (χ0n) is 8.92. The number of aromatic amines is 1. The molecule has 2 heterocycles. The van der Waals surface area contributed by atoms with Crippen molar-refractivity contribution in [2.75, 3.05) is 30.4 Å². The summed E-state index contributed by atoms with van der Waals surface area (Å²) in [6.45, 7) is 2.18. The molecule has 1 aromatic rings. The summed E-state index contributed by atoms with van der Waals surface area (Å²) in [5.74, 6) is 1.92. The summed E-state index contributed by atoms with van der Waals surface area (Å²) in [6.07, 6.45) is 3.83. The lowest BCUT2D eigenvalue weighted by atomic mass is 10.1. The zero-order chi connectivity index (χ0) is 10.7. The van der Waals surface area contributed by atoms with Crippen LogP contribution in [0.1, 0.15) is 19.3 Å². The Bertz CT molecular complexity index is 381. The quantitative estimate of drug-likeness (QED) is 0.756. The third kappa shape index (κ3) is 2.47. The van der Waals surface area contributed by atoms with Gasteiger partial charge in [-0.15, -0.1) is 0 Å². The number of hydrogen-bond acceptors (Lipinski definition) is 4. The van der Waals surface area contributed by atoms with Crippen LogP contribution < -0.4 is 10.2 Å². The number of piperidine rings is 1. The topological polar surface area (TPSA) is 44.0 Å². The Morgan fingerprint density at radius 3 is 2.80 bits per heavy atom. The number of rotatable bonds is 2. The first kappa shape index (κ1) is 10.4. The van der Waals surface area contributed by atoms with E-state index in [1.807, 2.05) is 13.1 Å². The molecule has 0 aliphatic carbocycles. The number of nitrogens with zero attached hydrogens (tertiary/aromatic N) is 2. The van der Waals surface area contributed by atoms with E-state index >= 15 is 0 Å². The van der Waals surface area contributed by atoms with E-state index in [0.717, 1.165) is 24.7 Å². The summed E-state index contributed by atoms with van der Waals surface area (Å²) < 4.78 is 0.544. The van der Waals surface area contributed by atoms with E-state index in [4.69, 9.17) is 12.2 Å². The normalized spacial score (nSPS) is 16.5. The second kappa shape index (κ2) is 4.61. The molecule has 2 rings (SSSR count). The van der Waals surface area contributed by atoms with Gasteiger partial charge in [0.05, 0.1) is 0 Å². The van der Waals surface area contributed by atoms with Crippen LogP contribution in [-0.4, -0.2) is 30.1 Å². The fourth-order valence-electron chi connectivity index (χ4n) is 1.86. The predicted molar refractivity (Wildman–Crippen MR) is 65.0 cm³/mol. The highest BCUT2D eigenvalue weighted by molar-refractivity contribution is 7.71. The van der Waals surface area contributed by atoms with Gasteiger partial charge in [-0.3, -0.25) is 0 Å². The second-order valence-corrected chi connectivity index (χ2v) is 4.14. The lowest BCUT2D eigenvalue weighted by Gasteiger charge is -2.27. The summed E-state index contributed by atoms with van der Waals surface area (Å²) in [7, 11) is 1.88. The summed E-state index contributed by atoms with van der Waals surface area (Å²) in [5.41, 5.74) is 0. The first-order valence-corrected chi connectivity index (χ1v) is 5.74. The molecule has 15 heavy (non-hydrogen) atoms. The van der Waals surface area contributed by atoms with Crippen LogP contribution in [0.3, 0.4) is 0 Å². The van der Waals surface area contributed by atoms with Crippen molar-refractivity contribution in [1.82, 2.24) is 9.97 Å². The Balaban J connectivity index is 2.26. The molecule has 5 heteroatoms. The molecule has 1 fully saturated rings. The van der Waals surface area contributed by atoms with Gasteiger partial charge in [0.1, 0.15) is 11.6 Å². The van der Waals surface area contributed by atoms with Crippen LogP contribution in [0.25, 0.3) is 0 Å². The smallest absolute Gasteiger partial charge is 0.200 e. The number of anilines is 2. The number of H-pyrrole nitrogens is 1. The first-order valence-electron chi connectivity index (χ1n) is 5.33. The van der Waals surface area contributed by atoms with Gasteiger partial charge in [0.25, 0.3) is 0 Å². The van der Waals surface area contributed by atoms with Gasteiger partial charge in [0, 0.05) is 26.2 Å².